The Kier molecular flexibility index (Phi) is 7.91. The number of hydrogen-bond donors (Lipinski definition) is 2. The molecule has 2 unspecified atom stereocenters. The van der Waals surface area contributed by atoms with E-state index >= 15 is 0 Å². The van der Waals surface area contributed by atoms with Crippen molar-refractivity contribution >= 4 is 18.3 Å². The smallest absolute Gasteiger partial charge is 0.224 e. The van der Waals surface area contributed by atoms with Crippen LogP contribution in [0.15, 0.2) is 24.3 Å². The summed E-state index contributed by atoms with van der Waals surface area (Å²) in [5.41, 5.74) is 2.51. The van der Waals surface area contributed by atoms with Crippen molar-refractivity contribution in [3.63, 3.8) is 0 Å². The van der Waals surface area contributed by atoms with Gasteiger partial charge in [0.25, 0.3) is 0 Å². The van der Waals surface area contributed by atoms with Crippen molar-refractivity contribution < 1.29 is 4.79 Å². The SMILES string of the molecule is Cc1ccccc1C(CC(C)C)NC(=O)C1CCCNC1.Cl. The molecule has 0 spiro atoms. The van der Waals surface area contributed by atoms with Crippen LogP contribution in [0.25, 0.3) is 0 Å². The van der Waals surface area contributed by atoms with Crippen LogP contribution >= 0.6 is 12.4 Å². The molecule has 0 aromatic heterocycles. The number of rotatable bonds is 5. The standard InChI is InChI=1S/C18H28N2O.ClH/c1-13(2)11-17(16-9-5-4-7-14(16)3)20-18(21)15-8-6-10-19-12-15;/h4-5,7,9,13,15,17,19H,6,8,10-12H2,1-3H3,(H,20,21);1H. The van der Waals surface area contributed by atoms with Crippen LogP contribution in [0.2, 0.25) is 0 Å². The summed E-state index contributed by atoms with van der Waals surface area (Å²) in [4.78, 5) is 12.5. The molecule has 1 aliphatic rings. The van der Waals surface area contributed by atoms with E-state index in [9.17, 15) is 4.79 Å². The average Bonchev–Trinajstić information content (AvgIpc) is 2.47. The third kappa shape index (κ3) is 5.29. The Labute approximate surface area is 140 Å². The van der Waals surface area contributed by atoms with Crippen LogP contribution in [-0.4, -0.2) is 19.0 Å². The number of carbonyl (C=O) groups is 1. The first-order valence-corrected chi connectivity index (χ1v) is 8.14. The predicted octanol–water partition coefficient (Wildman–Crippen LogP) is 3.62. The number of halogens is 1. The minimum Gasteiger partial charge on any atom is -0.349 e. The van der Waals surface area contributed by atoms with E-state index in [1.807, 2.05) is 0 Å². The van der Waals surface area contributed by atoms with Gasteiger partial charge in [-0.3, -0.25) is 4.79 Å². The van der Waals surface area contributed by atoms with Gasteiger partial charge in [-0.1, -0.05) is 38.1 Å². The van der Waals surface area contributed by atoms with Crippen molar-refractivity contribution in [1.29, 1.82) is 0 Å². The van der Waals surface area contributed by atoms with E-state index < -0.39 is 0 Å². The first-order valence-electron chi connectivity index (χ1n) is 8.14. The molecule has 1 aliphatic heterocycles. The predicted molar refractivity (Wildman–Crippen MR) is 94.4 cm³/mol. The summed E-state index contributed by atoms with van der Waals surface area (Å²) in [6.45, 7) is 8.39. The monoisotopic (exact) mass is 324 g/mol. The fourth-order valence-corrected chi connectivity index (χ4v) is 3.08. The lowest BCUT2D eigenvalue weighted by molar-refractivity contribution is -0.126. The normalized spacial score (nSPS) is 19.4. The van der Waals surface area contributed by atoms with Crippen molar-refractivity contribution in [2.45, 2.75) is 46.1 Å². The molecule has 22 heavy (non-hydrogen) atoms. The highest BCUT2D eigenvalue weighted by Gasteiger charge is 2.24. The average molecular weight is 325 g/mol. The van der Waals surface area contributed by atoms with Crippen molar-refractivity contribution in [2.75, 3.05) is 13.1 Å². The molecule has 0 aliphatic carbocycles. The molecule has 0 radical (unpaired) electrons. The molecule has 2 rings (SSSR count). The van der Waals surface area contributed by atoms with Crippen molar-refractivity contribution in [3.05, 3.63) is 35.4 Å². The zero-order chi connectivity index (χ0) is 15.2. The molecule has 3 nitrogen and oxygen atoms in total. The summed E-state index contributed by atoms with van der Waals surface area (Å²) in [6, 6.07) is 8.50. The van der Waals surface area contributed by atoms with E-state index in [-0.39, 0.29) is 30.3 Å². The molecule has 1 fully saturated rings. The van der Waals surface area contributed by atoms with Gasteiger partial charge in [-0.05, 0) is 49.8 Å². The minimum atomic E-state index is 0. The molecule has 2 N–H and O–H groups in total. The number of carbonyl (C=O) groups excluding carboxylic acids is 1. The van der Waals surface area contributed by atoms with Crippen LogP contribution in [0.4, 0.5) is 0 Å². The Morgan fingerprint density at radius 1 is 1.36 bits per heavy atom. The Balaban J connectivity index is 0.00000242. The number of hydrogen-bond acceptors (Lipinski definition) is 2. The highest BCUT2D eigenvalue weighted by atomic mass is 35.5. The lowest BCUT2D eigenvalue weighted by atomic mass is 9.92. The van der Waals surface area contributed by atoms with Gasteiger partial charge in [0.15, 0.2) is 0 Å². The van der Waals surface area contributed by atoms with Gasteiger partial charge in [-0.15, -0.1) is 12.4 Å². The second-order valence-corrected chi connectivity index (χ2v) is 6.59. The number of nitrogens with one attached hydrogen (secondary N) is 2. The van der Waals surface area contributed by atoms with Crippen molar-refractivity contribution in [2.24, 2.45) is 11.8 Å². The maximum Gasteiger partial charge on any atom is 0.224 e. The molecule has 4 heteroatoms. The second-order valence-electron chi connectivity index (χ2n) is 6.59. The van der Waals surface area contributed by atoms with E-state index in [0.29, 0.717) is 5.92 Å². The fourth-order valence-electron chi connectivity index (χ4n) is 3.08. The molecular formula is C18H29ClN2O. The minimum absolute atomic E-state index is 0. The van der Waals surface area contributed by atoms with Gasteiger partial charge in [0, 0.05) is 6.54 Å². The molecule has 1 amide bonds. The van der Waals surface area contributed by atoms with Gasteiger partial charge in [0.05, 0.1) is 12.0 Å². The summed E-state index contributed by atoms with van der Waals surface area (Å²) in [6.07, 6.45) is 3.08. The third-order valence-corrected chi connectivity index (χ3v) is 4.26. The molecule has 2 atom stereocenters. The number of benzene rings is 1. The summed E-state index contributed by atoms with van der Waals surface area (Å²) in [5, 5.41) is 6.62. The highest BCUT2D eigenvalue weighted by Crippen LogP contribution is 2.25. The Bertz CT molecular complexity index is 470. The zero-order valence-corrected chi connectivity index (χ0v) is 14.7. The van der Waals surface area contributed by atoms with Gasteiger partial charge in [-0.2, -0.15) is 0 Å². The topological polar surface area (TPSA) is 41.1 Å². The molecule has 0 bridgehead atoms. The molecule has 0 saturated carbocycles. The number of aryl methyl sites for hydroxylation is 1. The number of piperidine rings is 1. The molecule has 1 saturated heterocycles. The van der Waals surface area contributed by atoms with Crippen LogP contribution in [0.5, 0.6) is 0 Å². The summed E-state index contributed by atoms with van der Waals surface area (Å²) in [7, 11) is 0. The van der Waals surface area contributed by atoms with Gasteiger partial charge >= 0.3 is 0 Å². The van der Waals surface area contributed by atoms with Gasteiger partial charge in [-0.25, -0.2) is 0 Å². The molecule has 1 aromatic rings. The van der Waals surface area contributed by atoms with Crippen LogP contribution in [0, 0.1) is 18.8 Å². The van der Waals surface area contributed by atoms with E-state index in [1.165, 1.54) is 11.1 Å². The van der Waals surface area contributed by atoms with Crippen LogP contribution in [-0.2, 0) is 4.79 Å². The lowest BCUT2D eigenvalue weighted by Crippen LogP contribution is -2.42. The number of amides is 1. The largest absolute Gasteiger partial charge is 0.349 e. The maximum absolute atomic E-state index is 12.5. The lowest BCUT2D eigenvalue weighted by Gasteiger charge is -2.27. The first kappa shape index (κ1) is 19.0. The molecule has 124 valence electrons. The van der Waals surface area contributed by atoms with Crippen LogP contribution in [0.1, 0.15) is 50.3 Å². The van der Waals surface area contributed by atoms with E-state index in [4.69, 9.17) is 0 Å². The highest BCUT2D eigenvalue weighted by molar-refractivity contribution is 5.85. The van der Waals surface area contributed by atoms with Crippen LogP contribution < -0.4 is 10.6 Å². The van der Waals surface area contributed by atoms with Gasteiger partial charge in [0.2, 0.25) is 5.91 Å². The summed E-state index contributed by atoms with van der Waals surface area (Å²) < 4.78 is 0. The summed E-state index contributed by atoms with van der Waals surface area (Å²) in [5.74, 6) is 0.882. The van der Waals surface area contributed by atoms with Crippen molar-refractivity contribution in [3.8, 4) is 0 Å². The first-order chi connectivity index (χ1) is 10.1. The van der Waals surface area contributed by atoms with E-state index in [2.05, 4.69) is 55.7 Å². The van der Waals surface area contributed by atoms with E-state index in [0.717, 1.165) is 32.4 Å². The molecule has 1 heterocycles. The van der Waals surface area contributed by atoms with Crippen LogP contribution in [0.3, 0.4) is 0 Å². The van der Waals surface area contributed by atoms with Gasteiger partial charge in [0.1, 0.15) is 0 Å². The second kappa shape index (κ2) is 9.16. The van der Waals surface area contributed by atoms with Crippen molar-refractivity contribution in [1.82, 2.24) is 10.6 Å². The summed E-state index contributed by atoms with van der Waals surface area (Å²) >= 11 is 0. The zero-order valence-electron chi connectivity index (χ0n) is 13.9. The fraction of sp³-hybridized carbons (Fsp3) is 0.611. The Morgan fingerprint density at radius 2 is 2.09 bits per heavy atom. The third-order valence-electron chi connectivity index (χ3n) is 4.26. The molecule has 1 aromatic carbocycles. The molecular weight excluding hydrogens is 296 g/mol. The Hall–Kier alpha value is -1.06. The van der Waals surface area contributed by atoms with E-state index in [1.54, 1.807) is 0 Å². The maximum atomic E-state index is 12.5. The van der Waals surface area contributed by atoms with Gasteiger partial charge < -0.3 is 10.6 Å². The Morgan fingerprint density at radius 3 is 2.68 bits per heavy atom. The quantitative estimate of drug-likeness (QED) is 0.868.